The fraction of sp³-hybridized carbons (Fsp3) is 0.222. The molecular formula is C9H8INO2. The van der Waals surface area contributed by atoms with Crippen LogP contribution in [-0.2, 0) is 0 Å². The molecular weight excluding hydrogens is 281 g/mol. The smallest absolute Gasteiger partial charge is 0.170 e. The highest BCUT2D eigenvalue weighted by Gasteiger charge is 2.16. The van der Waals surface area contributed by atoms with Crippen LogP contribution in [0.3, 0.4) is 0 Å². The third-order valence-electron chi connectivity index (χ3n) is 1.64. The first kappa shape index (κ1) is 10.4. The molecule has 0 radical (unpaired) electrons. The summed E-state index contributed by atoms with van der Waals surface area (Å²) in [5.41, 5.74) is 0.550. The van der Waals surface area contributed by atoms with Crippen LogP contribution in [0.2, 0.25) is 0 Å². The van der Waals surface area contributed by atoms with E-state index in [-0.39, 0.29) is 0 Å². The summed E-state index contributed by atoms with van der Waals surface area (Å²) in [6, 6.07) is 8.57. The monoisotopic (exact) mass is 289 g/mol. The van der Waals surface area contributed by atoms with Crippen molar-refractivity contribution in [3.63, 3.8) is 0 Å². The zero-order valence-corrected chi connectivity index (χ0v) is 8.84. The molecule has 4 heteroatoms. The van der Waals surface area contributed by atoms with Crippen molar-refractivity contribution in [3.05, 3.63) is 33.4 Å². The zero-order chi connectivity index (χ0) is 9.84. The summed E-state index contributed by atoms with van der Waals surface area (Å²) in [5.74, 6) is 0. The molecule has 0 saturated heterocycles. The molecule has 1 rings (SSSR count). The molecule has 0 aliphatic rings. The van der Waals surface area contributed by atoms with Crippen molar-refractivity contribution in [2.45, 2.75) is 12.2 Å². The van der Waals surface area contributed by atoms with Gasteiger partial charge >= 0.3 is 0 Å². The molecule has 2 unspecified atom stereocenters. The Morgan fingerprint density at radius 1 is 1.23 bits per heavy atom. The summed E-state index contributed by atoms with van der Waals surface area (Å²) in [7, 11) is 0. The van der Waals surface area contributed by atoms with Crippen LogP contribution in [0.15, 0.2) is 24.3 Å². The predicted octanol–water partition coefficient (Wildman–Crippen LogP) is 1.21. The molecule has 1 aromatic carbocycles. The lowest BCUT2D eigenvalue weighted by molar-refractivity contribution is 0.0528. The van der Waals surface area contributed by atoms with E-state index in [1.807, 2.05) is 12.1 Å². The second-order valence-electron chi connectivity index (χ2n) is 2.57. The maximum atomic E-state index is 9.40. The van der Waals surface area contributed by atoms with Gasteiger partial charge in [-0.05, 0) is 40.3 Å². The molecule has 0 saturated carbocycles. The molecule has 0 fully saturated rings. The zero-order valence-electron chi connectivity index (χ0n) is 6.68. The van der Waals surface area contributed by atoms with Crippen molar-refractivity contribution < 1.29 is 10.2 Å². The number of hydrogen-bond acceptors (Lipinski definition) is 3. The second-order valence-corrected chi connectivity index (χ2v) is 3.82. The lowest BCUT2D eigenvalue weighted by Crippen LogP contribution is -2.15. The minimum atomic E-state index is -1.36. The Bertz CT molecular complexity index is 317. The summed E-state index contributed by atoms with van der Waals surface area (Å²) >= 11 is 2.14. The molecule has 0 aliphatic heterocycles. The van der Waals surface area contributed by atoms with Gasteiger partial charge in [0.2, 0.25) is 0 Å². The van der Waals surface area contributed by atoms with Crippen molar-refractivity contribution in [3.8, 4) is 6.07 Å². The van der Waals surface area contributed by atoms with E-state index < -0.39 is 12.2 Å². The van der Waals surface area contributed by atoms with Crippen LogP contribution in [0.1, 0.15) is 11.7 Å². The first-order chi connectivity index (χ1) is 6.15. The number of nitrogens with zero attached hydrogens (tertiary/aromatic N) is 1. The van der Waals surface area contributed by atoms with Crippen molar-refractivity contribution in [1.29, 1.82) is 5.26 Å². The second kappa shape index (κ2) is 4.56. The molecule has 0 heterocycles. The number of aliphatic hydroxyl groups excluding tert-OH is 2. The van der Waals surface area contributed by atoms with E-state index in [1.165, 1.54) is 0 Å². The molecule has 3 nitrogen and oxygen atoms in total. The molecule has 68 valence electrons. The lowest BCUT2D eigenvalue weighted by atomic mass is 10.1. The van der Waals surface area contributed by atoms with Gasteiger partial charge < -0.3 is 10.2 Å². The fourth-order valence-corrected chi connectivity index (χ4v) is 1.27. The minimum absolute atomic E-state index is 0.550. The van der Waals surface area contributed by atoms with Gasteiger partial charge in [0.15, 0.2) is 6.10 Å². The van der Waals surface area contributed by atoms with E-state index in [9.17, 15) is 5.11 Å². The third-order valence-corrected chi connectivity index (χ3v) is 2.36. The van der Waals surface area contributed by atoms with Gasteiger partial charge in [0.05, 0.1) is 6.07 Å². The van der Waals surface area contributed by atoms with Gasteiger partial charge in [-0.2, -0.15) is 5.26 Å². The molecule has 0 aliphatic carbocycles. The van der Waals surface area contributed by atoms with Crippen molar-refractivity contribution in [1.82, 2.24) is 0 Å². The van der Waals surface area contributed by atoms with E-state index in [0.717, 1.165) is 3.57 Å². The lowest BCUT2D eigenvalue weighted by Gasteiger charge is -2.11. The van der Waals surface area contributed by atoms with Crippen LogP contribution in [0.5, 0.6) is 0 Å². The van der Waals surface area contributed by atoms with Gasteiger partial charge in [-0.1, -0.05) is 12.1 Å². The van der Waals surface area contributed by atoms with Crippen LogP contribution < -0.4 is 0 Å². The average Bonchev–Trinajstić information content (AvgIpc) is 2.17. The number of aliphatic hydroxyl groups is 2. The third kappa shape index (κ3) is 2.66. The summed E-state index contributed by atoms with van der Waals surface area (Å²) in [6.45, 7) is 0. The topological polar surface area (TPSA) is 64.2 Å². The largest absolute Gasteiger partial charge is 0.385 e. The molecule has 0 amide bonds. The molecule has 0 aromatic heterocycles. The standard InChI is InChI=1S/C9H8INO2/c10-7-3-1-6(2-4-7)9(13)8(12)5-11/h1-4,8-9,12-13H. The highest BCUT2D eigenvalue weighted by molar-refractivity contribution is 14.1. The van der Waals surface area contributed by atoms with Gasteiger partial charge in [0, 0.05) is 3.57 Å². The van der Waals surface area contributed by atoms with Gasteiger partial charge in [-0.15, -0.1) is 0 Å². The molecule has 13 heavy (non-hydrogen) atoms. The van der Waals surface area contributed by atoms with Gasteiger partial charge in [-0.25, -0.2) is 0 Å². The maximum absolute atomic E-state index is 9.40. The Morgan fingerprint density at radius 2 is 1.77 bits per heavy atom. The van der Waals surface area contributed by atoms with E-state index >= 15 is 0 Å². The summed E-state index contributed by atoms with van der Waals surface area (Å²) in [6.07, 6.45) is -2.48. The fourth-order valence-electron chi connectivity index (χ4n) is 0.913. The van der Waals surface area contributed by atoms with Crippen molar-refractivity contribution in [2.24, 2.45) is 0 Å². The molecule has 0 bridgehead atoms. The highest BCUT2D eigenvalue weighted by Crippen LogP contribution is 2.17. The van der Waals surface area contributed by atoms with E-state index in [2.05, 4.69) is 22.6 Å². The number of benzene rings is 1. The van der Waals surface area contributed by atoms with Crippen molar-refractivity contribution >= 4 is 22.6 Å². The number of hydrogen-bond donors (Lipinski definition) is 2. The van der Waals surface area contributed by atoms with Crippen LogP contribution in [0.4, 0.5) is 0 Å². The summed E-state index contributed by atoms with van der Waals surface area (Å²) in [4.78, 5) is 0. The highest BCUT2D eigenvalue weighted by atomic mass is 127. The SMILES string of the molecule is N#CC(O)C(O)c1ccc(I)cc1. The first-order valence-corrected chi connectivity index (χ1v) is 4.74. The van der Waals surface area contributed by atoms with E-state index in [1.54, 1.807) is 18.2 Å². The van der Waals surface area contributed by atoms with Crippen LogP contribution in [-0.4, -0.2) is 16.3 Å². The van der Waals surface area contributed by atoms with Crippen LogP contribution >= 0.6 is 22.6 Å². The normalized spacial score (nSPS) is 14.6. The van der Waals surface area contributed by atoms with E-state index in [4.69, 9.17) is 10.4 Å². The van der Waals surface area contributed by atoms with Crippen LogP contribution in [0, 0.1) is 14.9 Å². The van der Waals surface area contributed by atoms with E-state index in [0.29, 0.717) is 5.56 Å². The number of nitriles is 1. The van der Waals surface area contributed by atoms with Crippen molar-refractivity contribution in [2.75, 3.05) is 0 Å². The quantitative estimate of drug-likeness (QED) is 0.635. The molecule has 1 aromatic rings. The predicted molar refractivity (Wildman–Crippen MR) is 55.7 cm³/mol. The Kier molecular flexibility index (Phi) is 3.66. The van der Waals surface area contributed by atoms with Gasteiger partial charge in [-0.3, -0.25) is 0 Å². The first-order valence-electron chi connectivity index (χ1n) is 3.66. The summed E-state index contributed by atoms with van der Waals surface area (Å²) < 4.78 is 1.04. The summed E-state index contributed by atoms with van der Waals surface area (Å²) in [5, 5.41) is 26.8. The van der Waals surface area contributed by atoms with Gasteiger partial charge in [0.1, 0.15) is 6.10 Å². The Hall–Kier alpha value is -0.640. The number of rotatable bonds is 2. The van der Waals surface area contributed by atoms with Gasteiger partial charge in [0.25, 0.3) is 0 Å². The average molecular weight is 289 g/mol. The maximum Gasteiger partial charge on any atom is 0.170 e. The molecule has 2 atom stereocenters. The Morgan fingerprint density at radius 3 is 2.23 bits per heavy atom. The van der Waals surface area contributed by atoms with Crippen LogP contribution in [0.25, 0.3) is 0 Å². The Labute approximate surface area is 89.8 Å². The minimum Gasteiger partial charge on any atom is -0.385 e. The number of halogens is 1. The molecule has 0 spiro atoms. The molecule has 2 N–H and O–H groups in total. The Balaban J connectivity index is 2.84.